The van der Waals surface area contributed by atoms with Gasteiger partial charge in [-0.25, -0.2) is 4.79 Å². The number of aliphatic carboxylic acids is 1. The first kappa shape index (κ1) is 16.2. The summed E-state index contributed by atoms with van der Waals surface area (Å²) in [5, 5.41) is 13.8. The highest BCUT2D eigenvalue weighted by Gasteiger charge is 2.03. The lowest BCUT2D eigenvalue weighted by Crippen LogP contribution is -2.31. The molecule has 0 aromatic heterocycles. The maximum atomic E-state index is 11.5. The van der Waals surface area contributed by atoms with Gasteiger partial charge in [0.1, 0.15) is 0 Å². The average molecular weight is 298 g/mol. The molecule has 110 valence electrons. The second kappa shape index (κ2) is 8.31. The van der Waals surface area contributed by atoms with E-state index in [0.29, 0.717) is 24.4 Å². The Kier molecular flexibility index (Phi) is 6.72. The number of carboxylic acid groups (broad SMARTS) is 1. The molecule has 0 bridgehead atoms. The van der Waals surface area contributed by atoms with Gasteiger partial charge in [0.15, 0.2) is 0 Å². The summed E-state index contributed by atoms with van der Waals surface area (Å²) in [6.45, 7) is 0.353. The van der Waals surface area contributed by atoms with E-state index in [9.17, 15) is 13.8 Å². The molecule has 0 aliphatic rings. The Labute approximate surface area is 120 Å². The van der Waals surface area contributed by atoms with Crippen LogP contribution in [0.15, 0.2) is 24.3 Å². The first-order valence-electron chi connectivity index (χ1n) is 6.13. The summed E-state index contributed by atoms with van der Waals surface area (Å²) >= 11 is 0. The zero-order valence-electron chi connectivity index (χ0n) is 11.2. The third-order valence-electron chi connectivity index (χ3n) is 2.51. The van der Waals surface area contributed by atoms with Crippen molar-refractivity contribution < 1.29 is 18.9 Å². The molecule has 0 heterocycles. The van der Waals surface area contributed by atoms with Gasteiger partial charge in [0.2, 0.25) is 0 Å². The molecule has 6 nitrogen and oxygen atoms in total. The van der Waals surface area contributed by atoms with Crippen molar-refractivity contribution in [3.63, 3.8) is 0 Å². The largest absolute Gasteiger partial charge is 0.481 e. The lowest BCUT2D eigenvalue weighted by Gasteiger charge is -2.07. The van der Waals surface area contributed by atoms with E-state index in [1.165, 1.54) is 0 Å². The molecule has 20 heavy (non-hydrogen) atoms. The molecular formula is C13H18N2O4S. The average Bonchev–Trinajstić information content (AvgIpc) is 2.37. The van der Waals surface area contributed by atoms with Crippen molar-refractivity contribution in [2.75, 3.05) is 23.9 Å². The predicted octanol–water partition coefficient (Wildman–Crippen LogP) is 1.20. The zero-order chi connectivity index (χ0) is 15.0. The van der Waals surface area contributed by atoms with Gasteiger partial charge in [-0.2, -0.15) is 0 Å². The Morgan fingerprint density at radius 3 is 2.45 bits per heavy atom. The molecule has 1 atom stereocenters. The van der Waals surface area contributed by atoms with Gasteiger partial charge in [-0.05, 0) is 24.1 Å². The molecule has 0 aliphatic heterocycles. The van der Waals surface area contributed by atoms with E-state index in [1.807, 2.05) is 0 Å². The fourth-order valence-corrected chi connectivity index (χ4v) is 1.88. The van der Waals surface area contributed by atoms with Crippen LogP contribution in [0.2, 0.25) is 0 Å². The van der Waals surface area contributed by atoms with Crippen LogP contribution in [0, 0.1) is 0 Å². The van der Waals surface area contributed by atoms with Crippen molar-refractivity contribution in [2.45, 2.75) is 12.8 Å². The van der Waals surface area contributed by atoms with Crippen molar-refractivity contribution in [1.82, 2.24) is 5.32 Å². The van der Waals surface area contributed by atoms with Crippen molar-refractivity contribution >= 4 is 28.5 Å². The Hall–Kier alpha value is -1.89. The summed E-state index contributed by atoms with van der Waals surface area (Å²) in [6, 6.07) is 6.64. The summed E-state index contributed by atoms with van der Waals surface area (Å²) in [6.07, 6.45) is 2.13. The highest BCUT2D eigenvalue weighted by Crippen LogP contribution is 2.10. The van der Waals surface area contributed by atoms with Gasteiger partial charge >= 0.3 is 12.0 Å². The second-order valence-corrected chi connectivity index (χ2v) is 5.80. The molecule has 1 rings (SSSR count). The molecule has 7 heteroatoms. The van der Waals surface area contributed by atoms with Crippen LogP contribution in [0.25, 0.3) is 0 Å². The van der Waals surface area contributed by atoms with Crippen molar-refractivity contribution in [2.24, 2.45) is 0 Å². The summed E-state index contributed by atoms with van der Waals surface area (Å²) in [5.74, 6) is -0.415. The third-order valence-corrected chi connectivity index (χ3v) is 3.29. The molecule has 3 N–H and O–H groups in total. The Morgan fingerprint density at radius 2 is 1.90 bits per heavy atom. The van der Waals surface area contributed by atoms with Crippen LogP contribution in [0.5, 0.6) is 0 Å². The number of benzene rings is 1. The van der Waals surface area contributed by atoms with E-state index in [4.69, 9.17) is 5.11 Å². The number of hydrogen-bond acceptors (Lipinski definition) is 3. The number of nitrogens with one attached hydrogen (secondary N) is 2. The molecule has 2 amide bonds. The quantitative estimate of drug-likeness (QED) is 0.705. The van der Waals surface area contributed by atoms with E-state index >= 15 is 0 Å². The zero-order valence-corrected chi connectivity index (χ0v) is 12.0. The minimum atomic E-state index is -0.928. The van der Waals surface area contributed by atoms with Crippen LogP contribution < -0.4 is 10.6 Å². The maximum absolute atomic E-state index is 11.5. The molecule has 1 aromatic rings. The first-order valence-corrected chi connectivity index (χ1v) is 7.85. The molecule has 1 aromatic carbocycles. The Bertz CT molecular complexity index is 488. The van der Waals surface area contributed by atoms with Gasteiger partial charge in [0.25, 0.3) is 0 Å². The first-order chi connectivity index (χ1) is 9.47. The van der Waals surface area contributed by atoms with E-state index in [-0.39, 0.29) is 12.5 Å². The molecule has 0 aliphatic carbocycles. The van der Waals surface area contributed by atoms with Crippen LogP contribution in [-0.2, 0) is 22.0 Å². The fraction of sp³-hybridized carbons (Fsp3) is 0.385. The minimum Gasteiger partial charge on any atom is -0.481 e. The molecule has 0 spiro atoms. The molecular weight excluding hydrogens is 280 g/mol. The van der Waals surface area contributed by atoms with Crippen molar-refractivity contribution in [3.05, 3.63) is 29.8 Å². The topological polar surface area (TPSA) is 95.5 Å². The van der Waals surface area contributed by atoms with Gasteiger partial charge in [-0.15, -0.1) is 0 Å². The van der Waals surface area contributed by atoms with Crippen LogP contribution in [0.4, 0.5) is 10.5 Å². The van der Waals surface area contributed by atoms with Gasteiger partial charge in [-0.1, -0.05) is 12.1 Å². The summed E-state index contributed by atoms with van der Waals surface area (Å²) in [5.41, 5.74) is 1.53. The number of anilines is 1. The van der Waals surface area contributed by atoms with Gasteiger partial charge in [-0.3, -0.25) is 9.00 Å². The van der Waals surface area contributed by atoms with Crippen LogP contribution in [0.3, 0.4) is 0 Å². The van der Waals surface area contributed by atoms with E-state index < -0.39 is 16.8 Å². The van der Waals surface area contributed by atoms with Gasteiger partial charge in [0.05, 0.1) is 0 Å². The lowest BCUT2D eigenvalue weighted by molar-refractivity contribution is -0.136. The van der Waals surface area contributed by atoms with E-state index in [2.05, 4.69) is 10.6 Å². The van der Waals surface area contributed by atoms with Crippen LogP contribution in [0.1, 0.15) is 12.0 Å². The Morgan fingerprint density at radius 1 is 1.25 bits per heavy atom. The molecule has 1 unspecified atom stereocenters. The number of carbonyl (C=O) groups is 2. The minimum absolute atomic E-state index is 0.0847. The Balaban J connectivity index is 2.38. The molecule has 0 saturated heterocycles. The second-order valence-electron chi connectivity index (χ2n) is 4.25. The van der Waals surface area contributed by atoms with Crippen molar-refractivity contribution in [3.8, 4) is 0 Å². The number of carbonyl (C=O) groups excluding carboxylic acids is 1. The van der Waals surface area contributed by atoms with Crippen molar-refractivity contribution in [1.29, 1.82) is 0 Å². The highest BCUT2D eigenvalue weighted by molar-refractivity contribution is 7.84. The number of urea groups is 1. The van der Waals surface area contributed by atoms with Gasteiger partial charge < -0.3 is 15.7 Å². The fourth-order valence-electron chi connectivity index (χ4n) is 1.49. The standard InChI is InChI=1S/C13H18N2O4S/c1-20(19)9-8-14-13(18)15-11-5-2-10(3-6-11)4-7-12(16)17/h2-3,5-6H,4,7-9H2,1H3,(H,16,17)(H2,14,15,18). The summed E-state index contributed by atoms with van der Waals surface area (Å²) in [4.78, 5) is 21.9. The number of amides is 2. The third kappa shape index (κ3) is 6.89. The number of rotatable bonds is 7. The maximum Gasteiger partial charge on any atom is 0.319 e. The summed E-state index contributed by atoms with van der Waals surface area (Å²) < 4.78 is 10.8. The molecule has 0 fully saturated rings. The van der Waals surface area contributed by atoms with Crippen LogP contribution in [-0.4, -0.2) is 39.9 Å². The predicted molar refractivity (Wildman–Crippen MR) is 78.4 cm³/mol. The van der Waals surface area contributed by atoms with Crippen LogP contribution >= 0.6 is 0 Å². The molecule has 0 radical (unpaired) electrons. The lowest BCUT2D eigenvalue weighted by atomic mass is 10.1. The highest BCUT2D eigenvalue weighted by atomic mass is 32.2. The number of hydrogen-bond donors (Lipinski definition) is 3. The monoisotopic (exact) mass is 298 g/mol. The van der Waals surface area contributed by atoms with Gasteiger partial charge in [0, 0.05) is 41.5 Å². The number of aryl methyl sites for hydroxylation is 1. The smallest absolute Gasteiger partial charge is 0.319 e. The summed E-state index contributed by atoms with van der Waals surface area (Å²) in [7, 11) is -0.928. The normalized spacial score (nSPS) is 11.7. The van der Waals surface area contributed by atoms with E-state index in [0.717, 1.165) is 5.56 Å². The SMILES string of the molecule is CS(=O)CCNC(=O)Nc1ccc(CCC(=O)O)cc1. The van der Waals surface area contributed by atoms with E-state index in [1.54, 1.807) is 30.5 Å². The number of carboxylic acids is 1. The molecule has 0 saturated carbocycles.